The zero-order valence-electron chi connectivity index (χ0n) is 13.0. The van der Waals surface area contributed by atoms with Gasteiger partial charge >= 0.3 is 5.97 Å². The molecule has 2 aromatic carbocycles. The first-order valence-corrected chi connectivity index (χ1v) is 7.77. The fourth-order valence-electron chi connectivity index (χ4n) is 3.21. The summed E-state index contributed by atoms with van der Waals surface area (Å²) < 4.78 is 0. The monoisotopic (exact) mass is 309 g/mol. The smallest absolute Gasteiger partial charge is 0.336 e. The van der Waals surface area contributed by atoms with Crippen LogP contribution in [0.2, 0.25) is 0 Å². The van der Waals surface area contributed by atoms with Crippen LogP contribution in [0, 0.1) is 12.8 Å². The van der Waals surface area contributed by atoms with Gasteiger partial charge in [-0.2, -0.15) is 0 Å². The summed E-state index contributed by atoms with van der Waals surface area (Å²) >= 11 is 0. The zero-order chi connectivity index (χ0) is 16.4. The number of Topliss-reactive ketones (excluding diaryl/α,β-unsaturated/α-hetero) is 1. The number of nitrogens with one attached hydrogen (secondary N) is 1. The number of aromatic carboxylic acids is 1. The molecule has 1 aliphatic heterocycles. The highest BCUT2D eigenvalue weighted by molar-refractivity contribution is 6.07. The largest absolute Gasteiger partial charge is 0.478 e. The number of ketones is 1. The van der Waals surface area contributed by atoms with Crippen LogP contribution in [-0.2, 0) is 0 Å². The lowest BCUT2D eigenvalue weighted by Gasteiger charge is -2.15. The third kappa shape index (κ3) is 2.90. The van der Waals surface area contributed by atoms with E-state index in [1.54, 1.807) is 25.1 Å². The van der Waals surface area contributed by atoms with Gasteiger partial charge in [0.2, 0.25) is 0 Å². The topological polar surface area (TPSA) is 66.4 Å². The van der Waals surface area contributed by atoms with E-state index < -0.39 is 5.97 Å². The molecule has 0 radical (unpaired) electrons. The predicted octanol–water partition coefficient (Wildman–Crippen LogP) is 3.15. The average molecular weight is 309 g/mol. The van der Waals surface area contributed by atoms with Crippen LogP contribution in [0.3, 0.4) is 0 Å². The molecule has 118 valence electrons. The van der Waals surface area contributed by atoms with Crippen LogP contribution in [0.1, 0.15) is 32.7 Å². The van der Waals surface area contributed by atoms with Gasteiger partial charge in [0.05, 0.1) is 5.56 Å². The molecule has 4 heteroatoms. The van der Waals surface area contributed by atoms with Crippen LogP contribution in [0.25, 0.3) is 11.1 Å². The molecular formula is C19H19NO3. The Morgan fingerprint density at radius 1 is 1.09 bits per heavy atom. The fourth-order valence-corrected chi connectivity index (χ4v) is 3.21. The lowest BCUT2D eigenvalue weighted by Crippen LogP contribution is -2.18. The molecule has 1 atom stereocenters. The summed E-state index contributed by atoms with van der Waals surface area (Å²) in [6.45, 7) is 3.31. The lowest BCUT2D eigenvalue weighted by molar-refractivity contribution is 0.0696. The summed E-state index contributed by atoms with van der Waals surface area (Å²) in [6, 6.07) is 12.7. The van der Waals surface area contributed by atoms with Crippen molar-refractivity contribution in [1.82, 2.24) is 5.32 Å². The second-order valence-corrected chi connectivity index (χ2v) is 5.90. The number of carbonyl (C=O) groups is 2. The van der Waals surface area contributed by atoms with E-state index in [-0.39, 0.29) is 17.3 Å². The molecule has 1 heterocycles. The standard InChI is InChI=1S/C19H19NO3/c1-12-5-4-8-15(17(12)19(22)23)14-6-2-3-7-16(14)18(21)13-9-10-20-11-13/h2-8,13,20H,9-11H2,1H3,(H,22,23). The predicted molar refractivity (Wildman–Crippen MR) is 88.9 cm³/mol. The Kier molecular flexibility index (Phi) is 4.26. The summed E-state index contributed by atoms with van der Waals surface area (Å²) in [5.41, 5.74) is 2.87. The number of hydrogen-bond acceptors (Lipinski definition) is 3. The molecule has 0 saturated carbocycles. The van der Waals surface area contributed by atoms with Gasteiger partial charge in [-0.15, -0.1) is 0 Å². The number of hydrogen-bond donors (Lipinski definition) is 2. The molecule has 1 saturated heterocycles. The molecule has 0 spiro atoms. The molecule has 1 aliphatic rings. The number of carbonyl (C=O) groups excluding carboxylic acids is 1. The molecule has 2 aromatic rings. The maximum atomic E-state index is 12.8. The molecule has 3 rings (SSSR count). The normalized spacial score (nSPS) is 17.2. The first kappa shape index (κ1) is 15.4. The van der Waals surface area contributed by atoms with Crippen LogP contribution >= 0.6 is 0 Å². The first-order valence-electron chi connectivity index (χ1n) is 7.77. The van der Waals surface area contributed by atoms with Gasteiger partial charge in [-0.3, -0.25) is 4.79 Å². The minimum absolute atomic E-state index is 0.0331. The Morgan fingerprint density at radius 3 is 2.52 bits per heavy atom. The van der Waals surface area contributed by atoms with Crippen molar-refractivity contribution >= 4 is 11.8 Å². The van der Waals surface area contributed by atoms with Crippen molar-refractivity contribution in [1.29, 1.82) is 0 Å². The molecule has 4 nitrogen and oxygen atoms in total. The van der Waals surface area contributed by atoms with Gasteiger partial charge in [0.25, 0.3) is 0 Å². The third-order valence-electron chi connectivity index (χ3n) is 4.40. The Morgan fingerprint density at radius 2 is 1.83 bits per heavy atom. The van der Waals surface area contributed by atoms with Crippen molar-refractivity contribution < 1.29 is 14.7 Å². The number of benzene rings is 2. The van der Waals surface area contributed by atoms with Crippen molar-refractivity contribution in [2.24, 2.45) is 5.92 Å². The molecule has 0 aromatic heterocycles. The third-order valence-corrected chi connectivity index (χ3v) is 4.40. The molecule has 23 heavy (non-hydrogen) atoms. The summed E-state index contributed by atoms with van der Waals surface area (Å²) in [7, 11) is 0. The van der Waals surface area contributed by atoms with Crippen LogP contribution < -0.4 is 5.32 Å². The highest BCUT2D eigenvalue weighted by Crippen LogP contribution is 2.31. The minimum Gasteiger partial charge on any atom is -0.478 e. The van der Waals surface area contributed by atoms with Crippen molar-refractivity contribution in [3.05, 3.63) is 59.2 Å². The van der Waals surface area contributed by atoms with E-state index in [1.165, 1.54) is 0 Å². The molecule has 1 fully saturated rings. The highest BCUT2D eigenvalue weighted by Gasteiger charge is 2.26. The molecular weight excluding hydrogens is 290 g/mol. The Labute approximate surface area is 135 Å². The van der Waals surface area contributed by atoms with Gasteiger partial charge in [-0.05, 0) is 36.6 Å². The van der Waals surface area contributed by atoms with Gasteiger partial charge in [0.15, 0.2) is 5.78 Å². The fraction of sp³-hybridized carbons (Fsp3) is 0.263. The second-order valence-electron chi connectivity index (χ2n) is 5.90. The quantitative estimate of drug-likeness (QED) is 0.851. The van der Waals surface area contributed by atoms with E-state index in [9.17, 15) is 14.7 Å². The van der Waals surface area contributed by atoms with Crippen molar-refractivity contribution in [3.8, 4) is 11.1 Å². The summed E-state index contributed by atoms with van der Waals surface area (Å²) in [5, 5.41) is 12.8. The number of carboxylic acid groups (broad SMARTS) is 1. The molecule has 0 amide bonds. The Bertz CT molecular complexity index is 761. The second kappa shape index (κ2) is 6.34. The molecule has 2 N–H and O–H groups in total. The molecule has 1 unspecified atom stereocenters. The van der Waals surface area contributed by atoms with Crippen LogP contribution in [0.15, 0.2) is 42.5 Å². The van der Waals surface area contributed by atoms with E-state index in [2.05, 4.69) is 5.32 Å². The lowest BCUT2D eigenvalue weighted by atomic mass is 9.88. The Balaban J connectivity index is 2.13. The van der Waals surface area contributed by atoms with Crippen LogP contribution in [-0.4, -0.2) is 29.9 Å². The van der Waals surface area contributed by atoms with Gasteiger partial charge in [0.1, 0.15) is 0 Å². The van der Waals surface area contributed by atoms with Crippen molar-refractivity contribution in [3.63, 3.8) is 0 Å². The Hall–Kier alpha value is -2.46. The first-order chi connectivity index (χ1) is 11.1. The maximum absolute atomic E-state index is 12.8. The summed E-state index contributed by atoms with van der Waals surface area (Å²) in [5.74, 6) is -0.916. The van der Waals surface area contributed by atoms with Gasteiger partial charge in [-0.25, -0.2) is 4.79 Å². The van der Waals surface area contributed by atoms with Gasteiger partial charge < -0.3 is 10.4 Å². The molecule has 0 bridgehead atoms. The van der Waals surface area contributed by atoms with E-state index in [0.29, 0.717) is 28.8 Å². The van der Waals surface area contributed by atoms with E-state index >= 15 is 0 Å². The van der Waals surface area contributed by atoms with Gasteiger partial charge in [0, 0.05) is 18.0 Å². The number of aryl methyl sites for hydroxylation is 1. The SMILES string of the molecule is Cc1cccc(-c2ccccc2C(=O)C2CCNC2)c1C(=O)O. The van der Waals surface area contributed by atoms with Gasteiger partial charge in [-0.1, -0.05) is 42.5 Å². The zero-order valence-corrected chi connectivity index (χ0v) is 13.0. The number of rotatable bonds is 4. The van der Waals surface area contributed by atoms with Crippen molar-refractivity contribution in [2.45, 2.75) is 13.3 Å². The van der Waals surface area contributed by atoms with E-state index in [1.807, 2.05) is 24.3 Å². The van der Waals surface area contributed by atoms with Crippen LogP contribution in [0.4, 0.5) is 0 Å². The average Bonchev–Trinajstić information content (AvgIpc) is 3.08. The summed E-state index contributed by atoms with van der Waals surface area (Å²) in [6.07, 6.45) is 0.826. The van der Waals surface area contributed by atoms with E-state index in [0.717, 1.165) is 13.0 Å². The maximum Gasteiger partial charge on any atom is 0.336 e. The van der Waals surface area contributed by atoms with E-state index in [4.69, 9.17) is 0 Å². The highest BCUT2D eigenvalue weighted by atomic mass is 16.4. The minimum atomic E-state index is -0.970. The van der Waals surface area contributed by atoms with Crippen LogP contribution in [0.5, 0.6) is 0 Å². The molecule has 0 aliphatic carbocycles. The number of carboxylic acids is 1. The van der Waals surface area contributed by atoms with Crippen molar-refractivity contribution in [2.75, 3.05) is 13.1 Å². The summed E-state index contributed by atoms with van der Waals surface area (Å²) in [4.78, 5) is 24.5.